The molecule has 2 saturated heterocycles. The van der Waals surface area contributed by atoms with E-state index < -0.39 is 6.10 Å². The van der Waals surface area contributed by atoms with E-state index in [1.165, 1.54) is 0 Å². The molecular formula is C21H29N3O5. The normalized spacial score (nSPS) is 22.6. The molecule has 2 heterocycles. The number of hydrogen-bond acceptors (Lipinski definition) is 7. The molecule has 1 aromatic rings. The van der Waals surface area contributed by atoms with Gasteiger partial charge in [-0.2, -0.15) is 5.26 Å². The Morgan fingerprint density at radius 2 is 1.90 bits per heavy atom. The summed E-state index contributed by atoms with van der Waals surface area (Å²) in [5.41, 5.74) is 0.578. The SMILES string of the molecule is COCCOC(=O)N1CC2CC(CN(CC(O)COc3ccc(C#N)cc3)C2)C1. The number of aliphatic hydroxyl groups is 1. The van der Waals surface area contributed by atoms with Gasteiger partial charge in [0.25, 0.3) is 0 Å². The molecule has 3 atom stereocenters. The minimum atomic E-state index is -0.598. The van der Waals surface area contributed by atoms with E-state index >= 15 is 0 Å². The van der Waals surface area contributed by atoms with Crippen molar-refractivity contribution in [3.8, 4) is 11.8 Å². The van der Waals surface area contributed by atoms with Crippen LogP contribution in [0.1, 0.15) is 12.0 Å². The number of piperidine rings is 2. The van der Waals surface area contributed by atoms with Crippen molar-refractivity contribution in [2.75, 3.05) is 59.7 Å². The third-order valence-corrected chi connectivity index (χ3v) is 5.32. The predicted octanol–water partition coefficient (Wildman–Crippen LogP) is 1.33. The second-order valence-corrected chi connectivity index (χ2v) is 7.80. The van der Waals surface area contributed by atoms with Crippen LogP contribution in [0.4, 0.5) is 4.79 Å². The number of benzene rings is 1. The molecule has 29 heavy (non-hydrogen) atoms. The number of carbonyl (C=O) groups is 1. The van der Waals surface area contributed by atoms with Gasteiger partial charge in [0.1, 0.15) is 25.1 Å². The molecule has 0 aliphatic carbocycles. The first kappa shape index (κ1) is 21.4. The highest BCUT2D eigenvalue weighted by molar-refractivity contribution is 5.67. The number of ether oxygens (including phenoxy) is 3. The molecule has 0 spiro atoms. The van der Waals surface area contributed by atoms with Gasteiger partial charge in [0.2, 0.25) is 0 Å². The maximum absolute atomic E-state index is 12.2. The molecule has 3 rings (SSSR count). The number of nitriles is 1. The number of hydrogen-bond donors (Lipinski definition) is 1. The maximum Gasteiger partial charge on any atom is 0.409 e. The minimum Gasteiger partial charge on any atom is -0.491 e. The van der Waals surface area contributed by atoms with Gasteiger partial charge in [-0.15, -0.1) is 0 Å². The van der Waals surface area contributed by atoms with Crippen LogP contribution in [-0.4, -0.2) is 86.8 Å². The molecule has 8 nitrogen and oxygen atoms in total. The lowest BCUT2D eigenvalue weighted by atomic mass is 9.84. The summed E-state index contributed by atoms with van der Waals surface area (Å²) in [6.07, 6.45) is 0.247. The smallest absolute Gasteiger partial charge is 0.409 e. The zero-order valence-corrected chi connectivity index (χ0v) is 16.8. The highest BCUT2D eigenvalue weighted by atomic mass is 16.6. The molecule has 3 unspecified atom stereocenters. The Bertz CT molecular complexity index is 691. The van der Waals surface area contributed by atoms with Gasteiger partial charge in [0, 0.05) is 39.8 Å². The van der Waals surface area contributed by atoms with Crippen molar-refractivity contribution in [2.24, 2.45) is 11.8 Å². The number of carbonyl (C=O) groups excluding carboxylic acids is 1. The lowest BCUT2D eigenvalue weighted by Gasteiger charge is -2.45. The Morgan fingerprint density at radius 3 is 2.52 bits per heavy atom. The first-order valence-electron chi connectivity index (χ1n) is 10.0. The quantitative estimate of drug-likeness (QED) is 0.655. The van der Waals surface area contributed by atoms with Crippen LogP contribution in [0.25, 0.3) is 0 Å². The fourth-order valence-electron chi connectivity index (χ4n) is 4.16. The summed E-state index contributed by atoms with van der Waals surface area (Å²) < 4.78 is 15.8. The lowest BCUT2D eigenvalue weighted by molar-refractivity contribution is -0.00430. The van der Waals surface area contributed by atoms with E-state index in [2.05, 4.69) is 11.0 Å². The van der Waals surface area contributed by atoms with Gasteiger partial charge in [0.15, 0.2) is 0 Å². The molecule has 2 bridgehead atoms. The van der Waals surface area contributed by atoms with Crippen LogP contribution in [0.3, 0.4) is 0 Å². The summed E-state index contributed by atoms with van der Waals surface area (Å²) in [5, 5.41) is 19.2. The third kappa shape index (κ3) is 6.32. The molecule has 1 N–H and O–H groups in total. The number of aliphatic hydroxyl groups excluding tert-OH is 1. The molecule has 0 saturated carbocycles. The van der Waals surface area contributed by atoms with Gasteiger partial charge < -0.3 is 24.2 Å². The molecule has 1 amide bonds. The molecule has 2 aliphatic heterocycles. The standard InChI is InChI=1S/C21H29N3O5/c1-27-6-7-28-21(26)24-12-17-8-18(13-24)11-23(10-17)14-19(25)15-29-20-4-2-16(9-22)3-5-20/h2-5,17-19,25H,6-8,10-15H2,1H3. The Morgan fingerprint density at radius 1 is 1.21 bits per heavy atom. The van der Waals surface area contributed by atoms with Crippen LogP contribution in [0.15, 0.2) is 24.3 Å². The summed E-state index contributed by atoms with van der Waals surface area (Å²) >= 11 is 0. The Kier molecular flexibility index (Phi) is 7.69. The van der Waals surface area contributed by atoms with Crippen molar-refractivity contribution in [1.82, 2.24) is 9.80 Å². The first-order chi connectivity index (χ1) is 14.1. The Labute approximate surface area is 171 Å². The number of likely N-dealkylation sites (tertiary alicyclic amines) is 2. The fraction of sp³-hybridized carbons (Fsp3) is 0.619. The molecular weight excluding hydrogens is 374 g/mol. The number of fused-ring (bicyclic) bond motifs is 2. The second kappa shape index (κ2) is 10.4. The molecule has 0 aromatic heterocycles. The van der Waals surface area contributed by atoms with Crippen LogP contribution in [-0.2, 0) is 9.47 Å². The topological polar surface area (TPSA) is 95.3 Å². The van der Waals surface area contributed by atoms with Crippen LogP contribution < -0.4 is 4.74 Å². The van der Waals surface area contributed by atoms with Crippen LogP contribution in [0.2, 0.25) is 0 Å². The first-order valence-corrected chi connectivity index (χ1v) is 10.0. The number of methoxy groups -OCH3 is 1. The largest absolute Gasteiger partial charge is 0.491 e. The highest BCUT2D eigenvalue weighted by Gasteiger charge is 2.36. The van der Waals surface area contributed by atoms with E-state index in [0.717, 1.165) is 19.5 Å². The van der Waals surface area contributed by atoms with Gasteiger partial charge in [-0.3, -0.25) is 4.90 Å². The van der Waals surface area contributed by atoms with E-state index in [0.29, 0.717) is 49.4 Å². The van der Waals surface area contributed by atoms with Gasteiger partial charge in [-0.25, -0.2) is 4.79 Å². The zero-order chi connectivity index (χ0) is 20.6. The van der Waals surface area contributed by atoms with Crippen LogP contribution in [0, 0.1) is 23.2 Å². The van der Waals surface area contributed by atoms with E-state index in [-0.39, 0.29) is 19.3 Å². The molecule has 1 aromatic carbocycles. The summed E-state index contributed by atoms with van der Waals surface area (Å²) in [4.78, 5) is 16.2. The summed E-state index contributed by atoms with van der Waals surface area (Å²) in [6.45, 7) is 4.52. The van der Waals surface area contributed by atoms with Crippen molar-refractivity contribution in [2.45, 2.75) is 12.5 Å². The lowest BCUT2D eigenvalue weighted by Crippen LogP contribution is -2.55. The van der Waals surface area contributed by atoms with E-state index in [4.69, 9.17) is 19.5 Å². The Hall–Kier alpha value is -2.34. The van der Waals surface area contributed by atoms with Crippen molar-refractivity contribution >= 4 is 6.09 Å². The second-order valence-electron chi connectivity index (χ2n) is 7.80. The summed E-state index contributed by atoms with van der Waals surface area (Å²) in [7, 11) is 1.58. The molecule has 158 valence electrons. The summed E-state index contributed by atoms with van der Waals surface area (Å²) in [6, 6.07) is 8.92. The summed E-state index contributed by atoms with van der Waals surface area (Å²) in [5.74, 6) is 1.43. The van der Waals surface area contributed by atoms with Gasteiger partial charge in [0.05, 0.1) is 18.2 Å². The van der Waals surface area contributed by atoms with Gasteiger partial charge in [-0.1, -0.05) is 0 Å². The molecule has 2 aliphatic rings. The fourth-order valence-corrected chi connectivity index (χ4v) is 4.16. The van der Waals surface area contributed by atoms with Gasteiger partial charge >= 0.3 is 6.09 Å². The average Bonchev–Trinajstić information content (AvgIpc) is 2.72. The van der Waals surface area contributed by atoms with Crippen molar-refractivity contribution < 1.29 is 24.1 Å². The third-order valence-electron chi connectivity index (χ3n) is 5.32. The number of β-amino-alcohol motifs (C(OH)–C–C–N with tert-alkyl or cyclic N) is 1. The number of nitrogens with zero attached hydrogens (tertiary/aromatic N) is 3. The van der Waals surface area contributed by atoms with Crippen molar-refractivity contribution in [1.29, 1.82) is 5.26 Å². The van der Waals surface area contributed by atoms with E-state index in [9.17, 15) is 9.90 Å². The minimum absolute atomic E-state index is 0.204. The average molecular weight is 403 g/mol. The van der Waals surface area contributed by atoms with Crippen LogP contribution in [0.5, 0.6) is 5.75 Å². The van der Waals surface area contributed by atoms with Crippen molar-refractivity contribution in [3.05, 3.63) is 29.8 Å². The number of amides is 1. The maximum atomic E-state index is 12.2. The Balaban J connectivity index is 1.41. The van der Waals surface area contributed by atoms with Gasteiger partial charge in [-0.05, 0) is 42.5 Å². The van der Waals surface area contributed by atoms with Crippen molar-refractivity contribution in [3.63, 3.8) is 0 Å². The molecule has 2 fully saturated rings. The zero-order valence-electron chi connectivity index (χ0n) is 16.8. The monoisotopic (exact) mass is 403 g/mol. The predicted molar refractivity (Wildman–Crippen MR) is 105 cm³/mol. The van der Waals surface area contributed by atoms with E-state index in [1.54, 1.807) is 36.3 Å². The number of rotatable bonds is 8. The highest BCUT2D eigenvalue weighted by Crippen LogP contribution is 2.29. The molecule has 0 radical (unpaired) electrons. The van der Waals surface area contributed by atoms with Crippen LogP contribution >= 0.6 is 0 Å². The molecule has 8 heteroatoms. The van der Waals surface area contributed by atoms with E-state index in [1.807, 2.05) is 0 Å².